The number of para-hydroxylation sites is 1. The maximum Gasteiger partial charge on any atom is 0.240 e. The van der Waals surface area contributed by atoms with Crippen LogP contribution in [0.5, 0.6) is 0 Å². The molecule has 4 heterocycles. The van der Waals surface area contributed by atoms with E-state index >= 15 is 4.39 Å². The largest absolute Gasteiger partial charge is 0.349 e. The van der Waals surface area contributed by atoms with Crippen LogP contribution in [0, 0.1) is 12.7 Å². The number of amides is 2. The van der Waals surface area contributed by atoms with Crippen LogP contribution in [0.2, 0.25) is 0 Å². The van der Waals surface area contributed by atoms with Crippen molar-refractivity contribution in [3.63, 3.8) is 0 Å². The summed E-state index contributed by atoms with van der Waals surface area (Å²) in [5, 5.41) is 9.38. The number of rotatable bonds is 7. The lowest BCUT2D eigenvalue weighted by molar-refractivity contribution is -0.123. The number of carbonyl (C=O) groups excluding carboxylic acids is 2. The van der Waals surface area contributed by atoms with E-state index in [0.717, 1.165) is 16.1 Å². The summed E-state index contributed by atoms with van der Waals surface area (Å²) in [6, 6.07) is 23.8. The third kappa shape index (κ3) is 5.40. The minimum Gasteiger partial charge on any atom is -0.349 e. The first-order chi connectivity index (χ1) is 20.0. The highest BCUT2D eigenvalue weighted by Gasteiger charge is 2.38. The van der Waals surface area contributed by atoms with Crippen LogP contribution in [0.1, 0.15) is 27.6 Å². The van der Waals surface area contributed by atoms with E-state index in [-0.39, 0.29) is 36.5 Å². The summed E-state index contributed by atoms with van der Waals surface area (Å²) in [4.78, 5) is 33.7. The Morgan fingerprint density at radius 2 is 1.85 bits per heavy atom. The molecule has 1 atom stereocenters. The molecule has 206 valence electrons. The van der Waals surface area contributed by atoms with Crippen molar-refractivity contribution >= 4 is 40.7 Å². The fourth-order valence-corrected chi connectivity index (χ4v) is 6.85. The van der Waals surface area contributed by atoms with Crippen molar-refractivity contribution in [3.8, 4) is 16.3 Å². The van der Waals surface area contributed by atoms with Crippen LogP contribution >= 0.6 is 23.1 Å². The second kappa shape index (κ2) is 11.7. The molecular formula is C31H26FN5O2S2. The minimum atomic E-state index is -0.522. The Morgan fingerprint density at radius 1 is 1.05 bits per heavy atom. The van der Waals surface area contributed by atoms with Crippen molar-refractivity contribution < 1.29 is 14.0 Å². The summed E-state index contributed by atoms with van der Waals surface area (Å²) in [6.07, 6.45) is 1.67. The molecule has 1 aliphatic rings. The molecule has 1 N–H and O–H groups in total. The predicted molar refractivity (Wildman–Crippen MR) is 161 cm³/mol. The van der Waals surface area contributed by atoms with Crippen molar-refractivity contribution in [1.82, 2.24) is 20.1 Å². The van der Waals surface area contributed by atoms with E-state index in [1.807, 2.05) is 66.9 Å². The number of aryl methyl sites for hydroxylation is 1. The number of thioether (sulfide) groups is 1. The predicted octanol–water partition coefficient (Wildman–Crippen LogP) is 5.93. The number of halogens is 1. The number of fused-ring (bicyclic) bond motifs is 1. The van der Waals surface area contributed by atoms with Gasteiger partial charge in [0.25, 0.3) is 0 Å². The van der Waals surface area contributed by atoms with Gasteiger partial charge in [0.2, 0.25) is 11.8 Å². The fraction of sp³-hybridized carbons (Fsp3) is 0.161. The molecule has 6 rings (SSSR count). The number of thiophene rings is 1. The summed E-state index contributed by atoms with van der Waals surface area (Å²) in [6.45, 7) is 1.99. The first kappa shape index (κ1) is 26.9. The van der Waals surface area contributed by atoms with Gasteiger partial charge in [-0.2, -0.15) is 5.10 Å². The molecule has 7 nitrogen and oxygen atoms in total. The average molecular weight is 584 g/mol. The summed E-state index contributed by atoms with van der Waals surface area (Å²) in [5.41, 5.74) is 4.26. The lowest BCUT2D eigenvalue weighted by Gasteiger charge is -2.23. The van der Waals surface area contributed by atoms with Crippen LogP contribution in [0.15, 0.2) is 90.4 Å². The average Bonchev–Trinajstić information content (AvgIpc) is 3.63. The van der Waals surface area contributed by atoms with Crippen molar-refractivity contribution in [2.45, 2.75) is 18.7 Å². The van der Waals surface area contributed by atoms with Gasteiger partial charge in [-0.3, -0.25) is 19.5 Å². The summed E-state index contributed by atoms with van der Waals surface area (Å²) in [5.74, 6) is -0.404. The summed E-state index contributed by atoms with van der Waals surface area (Å²) in [7, 11) is 0. The quantitative estimate of drug-likeness (QED) is 0.257. The van der Waals surface area contributed by atoms with Gasteiger partial charge in [0.15, 0.2) is 0 Å². The minimum absolute atomic E-state index is 0.0683. The van der Waals surface area contributed by atoms with Gasteiger partial charge in [0.05, 0.1) is 33.8 Å². The number of hydrogen-bond acceptors (Lipinski definition) is 6. The van der Waals surface area contributed by atoms with E-state index in [4.69, 9.17) is 5.10 Å². The first-order valence-electron chi connectivity index (χ1n) is 13.1. The van der Waals surface area contributed by atoms with Gasteiger partial charge in [-0.05, 0) is 48.2 Å². The highest BCUT2D eigenvalue weighted by molar-refractivity contribution is 8.00. The molecule has 0 unspecified atom stereocenters. The number of hydrogen-bond donors (Lipinski definition) is 1. The van der Waals surface area contributed by atoms with Gasteiger partial charge in [-0.15, -0.1) is 23.1 Å². The third-order valence-electron chi connectivity index (χ3n) is 6.87. The molecule has 3 aromatic heterocycles. The van der Waals surface area contributed by atoms with Gasteiger partial charge >= 0.3 is 0 Å². The topological polar surface area (TPSA) is 80.1 Å². The standard InChI is InChI=1S/C31H26FN5O2S2/c1-20-9-2-5-13-24(20)37-31-28(29(35-37)25-14-8-16-40-25)30(22-11-3-4-12-23(22)32)41-19-27(39)36(31)18-26(38)34-17-21-10-6-7-15-33-21/h2-16,30H,17-19H2,1H3,(H,34,38)/t30-/m1/s1. The lowest BCUT2D eigenvalue weighted by Crippen LogP contribution is -2.42. The molecule has 0 spiro atoms. The number of anilines is 1. The normalized spacial score (nSPS) is 14.9. The number of carbonyl (C=O) groups is 2. The van der Waals surface area contributed by atoms with Gasteiger partial charge in [0.1, 0.15) is 23.9 Å². The molecule has 41 heavy (non-hydrogen) atoms. The first-order valence-corrected chi connectivity index (χ1v) is 15.0. The number of nitrogens with one attached hydrogen (secondary N) is 1. The Bertz CT molecular complexity index is 1710. The van der Waals surface area contributed by atoms with Crippen LogP contribution in [-0.4, -0.2) is 38.9 Å². The van der Waals surface area contributed by atoms with Gasteiger partial charge < -0.3 is 5.32 Å². The van der Waals surface area contributed by atoms with E-state index in [1.165, 1.54) is 34.1 Å². The zero-order chi connectivity index (χ0) is 28.3. The second-order valence-corrected chi connectivity index (χ2v) is 11.6. The number of nitrogens with zero attached hydrogens (tertiary/aromatic N) is 4. The number of aromatic nitrogens is 3. The zero-order valence-corrected chi connectivity index (χ0v) is 23.8. The summed E-state index contributed by atoms with van der Waals surface area (Å²) < 4.78 is 17.1. The SMILES string of the molecule is Cc1ccccc1-n1nc(-c2cccs2)c2c1N(CC(=O)NCc1ccccn1)C(=O)CS[C@@H]2c1ccccc1F. The van der Waals surface area contributed by atoms with Crippen LogP contribution < -0.4 is 10.2 Å². The molecule has 0 radical (unpaired) electrons. The smallest absolute Gasteiger partial charge is 0.240 e. The Hall–Kier alpha value is -4.28. The summed E-state index contributed by atoms with van der Waals surface area (Å²) >= 11 is 2.87. The fourth-order valence-electron chi connectivity index (χ4n) is 4.91. The highest BCUT2D eigenvalue weighted by atomic mass is 32.2. The molecule has 0 saturated carbocycles. The molecule has 2 aromatic carbocycles. The van der Waals surface area contributed by atoms with Gasteiger partial charge in [0, 0.05) is 17.3 Å². The van der Waals surface area contributed by atoms with Crippen molar-refractivity contribution in [1.29, 1.82) is 0 Å². The molecule has 2 amide bonds. The van der Waals surface area contributed by atoms with Crippen molar-refractivity contribution in [2.75, 3.05) is 17.2 Å². The monoisotopic (exact) mass is 583 g/mol. The number of benzene rings is 2. The van der Waals surface area contributed by atoms with E-state index in [9.17, 15) is 9.59 Å². The second-order valence-electron chi connectivity index (χ2n) is 9.55. The van der Waals surface area contributed by atoms with Crippen molar-refractivity contribution in [2.24, 2.45) is 0 Å². The van der Waals surface area contributed by atoms with Crippen LogP contribution in [-0.2, 0) is 16.1 Å². The maximum atomic E-state index is 15.3. The molecule has 0 fully saturated rings. The van der Waals surface area contributed by atoms with Crippen LogP contribution in [0.4, 0.5) is 10.2 Å². The van der Waals surface area contributed by atoms with E-state index in [2.05, 4.69) is 10.3 Å². The molecule has 5 aromatic rings. The van der Waals surface area contributed by atoms with E-state index in [0.29, 0.717) is 28.3 Å². The third-order valence-corrected chi connectivity index (χ3v) is 8.98. The van der Waals surface area contributed by atoms with Gasteiger partial charge in [-0.25, -0.2) is 9.07 Å². The van der Waals surface area contributed by atoms with Gasteiger partial charge in [-0.1, -0.05) is 48.5 Å². The Labute approximate surface area is 245 Å². The molecule has 0 aliphatic carbocycles. The molecular weight excluding hydrogens is 558 g/mol. The molecule has 0 saturated heterocycles. The van der Waals surface area contributed by atoms with Crippen LogP contribution in [0.3, 0.4) is 0 Å². The van der Waals surface area contributed by atoms with Crippen molar-refractivity contribution in [3.05, 3.63) is 119 Å². The Morgan fingerprint density at radius 3 is 2.61 bits per heavy atom. The highest BCUT2D eigenvalue weighted by Crippen LogP contribution is 2.49. The Balaban J connectivity index is 1.52. The molecule has 10 heteroatoms. The van der Waals surface area contributed by atoms with Crippen LogP contribution in [0.25, 0.3) is 16.3 Å². The molecule has 0 bridgehead atoms. The van der Waals surface area contributed by atoms with E-state index < -0.39 is 5.25 Å². The lowest BCUT2D eigenvalue weighted by atomic mass is 10.0. The maximum absolute atomic E-state index is 15.3. The van der Waals surface area contributed by atoms with E-state index in [1.54, 1.807) is 29.1 Å². The number of pyridine rings is 1. The molecule has 1 aliphatic heterocycles. The Kier molecular flexibility index (Phi) is 7.67. The zero-order valence-electron chi connectivity index (χ0n) is 22.2.